The Labute approximate surface area is 169 Å². The van der Waals surface area contributed by atoms with Gasteiger partial charge >= 0.3 is 0 Å². The number of benzene rings is 1. The van der Waals surface area contributed by atoms with Crippen molar-refractivity contribution < 1.29 is 9.53 Å². The molecule has 4 heteroatoms. The third-order valence-electron chi connectivity index (χ3n) is 7.59. The van der Waals surface area contributed by atoms with E-state index in [-0.39, 0.29) is 16.7 Å². The van der Waals surface area contributed by atoms with Gasteiger partial charge in [-0.05, 0) is 106 Å². The molecule has 2 atom stereocenters. The van der Waals surface area contributed by atoms with Gasteiger partial charge < -0.3 is 15.4 Å². The van der Waals surface area contributed by atoms with Gasteiger partial charge in [-0.25, -0.2) is 0 Å². The number of amides is 1. The lowest BCUT2D eigenvalue weighted by atomic mass is 9.42. The summed E-state index contributed by atoms with van der Waals surface area (Å²) in [6.07, 6.45) is 9.03. The van der Waals surface area contributed by atoms with E-state index in [0.29, 0.717) is 6.42 Å². The topological polar surface area (TPSA) is 55.6 Å². The molecule has 5 rings (SSSR count). The van der Waals surface area contributed by atoms with Crippen molar-refractivity contribution in [2.75, 3.05) is 27.2 Å². The normalized spacial score (nSPS) is 33.4. The zero-order valence-corrected chi connectivity index (χ0v) is 17.8. The number of carbonyl (C=O) groups is 1. The van der Waals surface area contributed by atoms with Gasteiger partial charge in [0, 0.05) is 13.0 Å². The second kappa shape index (κ2) is 7.37. The highest BCUT2D eigenvalue weighted by atomic mass is 16.5. The highest BCUT2D eigenvalue weighted by Gasteiger charge is 2.58. The zero-order valence-electron chi connectivity index (χ0n) is 17.8. The Balaban J connectivity index is 1.58. The van der Waals surface area contributed by atoms with E-state index < -0.39 is 0 Å². The van der Waals surface area contributed by atoms with E-state index in [1.165, 1.54) is 43.2 Å². The summed E-state index contributed by atoms with van der Waals surface area (Å²) in [5.41, 5.74) is 8.82. The van der Waals surface area contributed by atoms with Crippen LogP contribution in [0.15, 0.2) is 18.2 Å². The number of hydrogen-bond acceptors (Lipinski definition) is 3. The van der Waals surface area contributed by atoms with Crippen LogP contribution in [0.25, 0.3) is 0 Å². The van der Waals surface area contributed by atoms with Crippen molar-refractivity contribution in [3.8, 4) is 5.75 Å². The first-order chi connectivity index (χ1) is 13.3. The predicted molar refractivity (Wildman–Crippen MR) is 112 cm³/mol. The molecule has 1 aromatic rings. The summed E-state index contributed by atoms with van der Waals surface area (Å²) in [6, 6.07) is 6.62. The molecule has 0 aliphatic heterocycles. The SMILES string of the molecule is Cc1c(OCCCN(C)C)cccc1C12CC3CC(CC(CC(N)=O)(C3)C1)C2. The van der Waals surface area contributed by atoms with Gasteiger partial charge in [-0.1, -0.05) is 12.1 Å². The predicted octanol–water partition coefficient (Wildman–Crippen LogP) is 4.04. The second-order valence-corrected chi connectivity index (χ2v) is 10.3. The Morgan fingerprint density at radius 3 is 2.57 bits per heavy atom. The molecule has 0 aromatic heterocycles. The molecule has 28 heavy (non-hydrogen) atoms. The summed E-state index contributed by atoms with van der Waals surface area (Å²) < 4.78 is 6.18. The van der Waals surface area contributed by atoms with Gasteiger partial charge in [0.1, 0.15) is 5.75 Å². The van der Waals surface area contributed by atoms with Crippen molar-refractivity contribution in [3.63, 3.8) is 0 Å². The molecule has 0 saturated heterocycles. The van der Waals surface area contributed by atoms with Crippen LogP contribution in [0.5, 0.6) is 5.75 Å². The molecule has 0 heterocycles. The van der Waals surface area contributed by atoms with Crippen molar-refractivity contribution in [1.82, 2.24) is 4.90 Å². The zero-order chi connectivity index (χ0) is 19.9. The highest BCUT2D eigenvalue weighted by molar-refractivity contribution is 5.74. The molecule has 0 spiro atoms. The molecular weight excluding hydrogens is 348 g/mol. The summed E-state index contributed by atoms with van der Waals surface area (Å²) in [4.78, 5) is 14.0. The lowest BCUT2D eigenvalue weighted by Gasteiger charge is -2.62. The molecule has 4 bridgehead atoms. The van der Waals surface area contributed by atoms with Crippen LogP contribution < -0.4 is 10.5 Å². The lowest BCUT2D eigenvalue weighted by molar-refractivity contribution is -0.128. The fourth-order valence-electron chi connectivity index (χ4n) is 7.25. The molecule has 2 unspecified atom stereocenters. The Morgan fingerprint density at radius 1 is 1.21 bits per heavy atom. The van der Waals surface area contributed by atoms with Crippen LogP contribution in [0.4, 0.5) is 0 Å². The number of nitrogens with zero attached hydrogens (tertiary/aromatic N) is 1. The average molecular weight is 385 g/mol. The molecule has 4 aliphatic rings. The van der Waals surface area contributed by atoms with Crippen molar-refractivity contribution in [1.29, 1.82) is 0 Å². The van der Waals surface area contributed by atoms with E-state index in [2.05, 4.69) is 44.1 Å². The van der Waals surface area contributed by atoms with E-state index in [4.69, 9.17) is 10.5 Å². The van der Waals surface area contributed by atoms with Crippen molar-refractivity contribution in [2.45, 2.75) is 63.7 Å². The third kappa shape index (κ3) is 3.68. The average Bonchev–Trinajstić information content (AvgIpc) is 2.57. The van der Waals surface area contributed by atoms with E-state index in [1.807, 2.05) is 0 Å². The summed E-state index contributed by atoms with van der Waals surface area (Å²) in [5, 5.41) is 0. The fraction of sp³-hybridized carbons (Fsp3) is 0.708. The first-order valence-electron chi connectivity index (χ1n) is 11.0. The Morgan fingerprint density at radius 2 is 1.93 bits per heavy atom. The van der Waals surface area contributed by atoms with Crippen LogP contribution in [0.3, 0.4) is 0 Å². The van der Waals surface area contributed by atoms with Gasteiger partial charge in [-0.15, -0.1) is 0 Å². The molecular formula is C24H36N2O2. The minimum Gasteiger partial charge on any atom is -0.493 e. The summed E-state index contributed by atoms with van der Waals surface area (Å²) in [6.45, 7) is 4.03. The van der Waals surface area contributed by atoms with Crippen molar-refractivity contribution in [2.24, 2.45) is 23.0 Å². The maximum Gasteiger partial charge on any atom is 0.217 e. The van der Waals surface area contributed by atoms with Gasteiger partial charge in [-0.2, -0.15) is 0 Å². The smallest absolute Gasteiger partial charge is 0.217 e. The molecule has 4 aliphatic carbocycles. The van der Waals surface area contributed by atoms with E-state index in [1.54, 1.807) is 0 Å². The monoisotopic (exact) mass is 384 g/mol. The standard InChI is InChI=1S/C24H36N2O2/c1-17-20(6-4-7-21(17)28-9-5-8-26(2)3)24-13-18-10-19(14-24)12-23(11-18,16-24)15-22(25)27/h4,6-7,18-19H,5,8-16H2,1-3H3,(H2,25,27). The van der Waals surface area contributed by atoms with Crippen LogP contribution in [-0.4, -0.2) is 38.1 Å². The molecule has 4 saturated carbocycles. The van der Waals surface area contributed by atoms with Crippen LogP contribution in [0.2, 0.25) is 0 Å². The lowest BCUT2D eigenvalue weighted by Crippen LogP contribution is -2.55. The summed E-state index contributed by atoms with van der Waals surface area (Å²) in [7, 11) is 4.20. The van der Waals surface area contributed by atoms with Gasteiger partial charge in [0.25, 0.3) is 0 Å². The number of hydrogen-bond donors (Lipinski definition) is 1. The van der Waals surface area contributed by atoms with Crippen LogP contribution in [-0.2, 0) is 10.2 Å². The van der Waals surface area contributed by atoms with Crippen LogP contribution in [0, 0.1) is 24.2 Å². The summed E-state index contributed by atoms with van der Waals surface area (Å²) >= 11 is 0. The van der Waals surface area contributed by atoms with Gasteiger partial charge in [0.05, 0.1) is 6.61 Å². The van der Waals surface area contributed by atoms with Crippen molar-refractivity contribution in [3.05, 3.63) is 29.3 Å². The maximum absolute atomic E-state index is 11.8. The Hall–Kier alpha value is -1.55. The maximum atomic E-state index is 11.8. The summed E-state index contributed by atoms with van der Waals surface area (Å²) in [5.74, 6) is 2.43. The molecule has 4 nitrogen and oxygen atoms in total. The second-order valence-electron chi connectivity index (χ2n) is 10.3. The van der Waals surface area contributed by atoms with Crippen LogP contribution >= 0.6 is 0 Å². The quantitative estimate of drug-likeness (QED) is 0.688. The fourth-order valence-corrected chi connectivity index (χ4v) is 7.25. The Bertz CT molecular complexity index is 728. The molecule has 4 fully saturated rings. The number of primary amides is 1. The third-order valence-corrected chi connectivity index (χ3v) is 7.59. The largest absolute Gasteiger partial charge is 0.493 e. The minimum absolute atomic E-state index is 0.119. The van der Waals surface area contributed by atoms with Gasteiger partial charge in [0.2, 0.25) is 5.91 Å². The molecule has 1 aromatic carbocycles. The van der Waals surface area contributed by atoms with Gasteiger partial charge in [0.15, 0.2) is 0 Å². The number of nitrogens with two attached hydrogens (primary N) is 1. The first kappa shape index (κ1) is 19.8. The first-order valence-corrected chi connectivity index (χ1v) is 11.0. The number of carbonyl (C=O) groups excluding carboxylic acids is 1. The van der Waals surface area contributed by atoms with E-state index in [9.17, 15) is 4.79 Å². The number of ether oxygens (including phenoxy) is 1. The van der Waals surface area contributed by atoms with Crippen LogP contribution in [0.1, 0.15) is 62.5 Å². The molecule has 1 amide bonds. The molecule has 0 radical (unpaired) electrons. The minimum atomic E-state index is -0.119. The van der Waals surface area contributed by atoms with E-state index in [0.717, 1.165) is 43.6 Å². The van der Waals surface area contributed by atoms with Gasteiger partial charge in [-0.3, -0.25) is 4.79 Å². The number of rotatable bonds is 8. The van der Waals surface area contributed by atoms with Crippen molar-refractivity contribution >= 4 is 5.91 Å². The molecule has 154 valence electrons. The Kier molecular flexibility index (Phi) is 5.20. The highest BCUT2D eigenvalue weighted by Crippen LogP contribution is 2.67. The molecule has 2 N–H and O–H groups in total. The van der Waals surface area contributed by atoms with E-state index >= 15 is 0 Å².